The highest BCUT2D eigenvalue weighted by Crippen LogP contribution is 2.40. The number of fused-ring (bicyclic) bond motifs is 3. The Morgan fingerprint density at radius 2 is 2.17 bits per heavy atom. The molecule has 4 rings (SSSR count). The van der Waals surface area contributed by atoms with E-state index in [4.69, 9.17) is 27.9 Å². The molecule has 2 aromatic rings. The molecule has 0 radical (unpaired) electrons. The Labute approximate surface area is 150 Å². The maximum absolute atomic E-state index is 12.6. The van der Waals surface area contributed by atoms with Gasteiger partial charge in [-0.25, -0.2) is 0 Å². The van der Waals surface area contributed by atoms with Gasteiger partial charge in [-0.15, -0.1) is 0 Å². The molecule has 1 unspecified atom stereocenters. The largest absolute Gasteiger partial charge is 0.381 e. The molecule has 0 amide bonds. The molecule has 1 fully saturated rings. The van der Waals surface area contributed by atoms with E-state index in [1.54, 1.807) is 12.3 Å². The number of benzene rings is 1. The van der Waals surface area contributed by atoms with Gasteiger partial charge in [-0.1, -0.05) is 23.2 Å². The predicted molar refractivity (Wildman–Crippen MR) is 94.8 cm³/mol. The fourth-order valence-corrected chi connectivity index (χ4v) is 5.36. The van der Waals surface area contributed by atoms with Crippen LogP contribution in [-0.4, -0.2) is 37.5 Å². The molecule has 130 valence electrons. The minimum absolute atomic E-state index is 0.219. The molecule has 1 aromatic carbocycles. The molecule has 0 bridgehead atoms. The number of rotatable bonds is 2. The molecule has 1 aromatic heterocycles. The molecule has 0 spiro atoms. The third-order valence-electron chi connectivity index (χ3n) is 4.58. The first-order valence-corrected chi connectivity index (χ1v) is 9.99. The second kappa shape index (κ2) is 6.07. The van der Waals surface area contributed by atoms with Crippen LogP contribution < -0.4 is 4.72 Å². The van der Waals surface area contributed by atoms with Crippen molar-refractivity contribution in [3.63, 3.8) is 0 Å². The first-order valence-electron chi connectivity index (χ1n) is 7.79. The fourth-order valence-electron chi connectivity index (χ4n) is 3.40. The van der Waals surface area contributed by atoms with Gasteiger partial charge in [0.25, 0.3) is 0 Å². The van der Waals surface area contributed by atoms with Crippen LogP contribution >= 0.6 is 23.2 Å². The highest BCUT2D eigenvalue weighted by molar-refractivity contribution is 7.90. The summed E-state index contributed by atoms with van der Waals surface area (Å²) in [5.74, 6) is 0.219. The molecule has 24 heavy (non-hydrogen) atoms. The van der Waals surface area contributed by atoms with Gasteiger partial charge in [0.05, 0.1) is 27.9 Å². The molecule has 2 aliphatic rings. The topological polar surface area (TPSA) is 74.4 Å². The van der Waals surface area contributed by atoms with Crippen molar-refractivity contribution in [3.05, 3.63) is 27.9 Å². The van der Waals surface area contributed by atoms with E-state index in [2.05, 4.69) is 9.71 Å². The fraction of sp³-hybridized carbons (Fsp3) is 0.467. The van der Waals surface area contributed by atoms with E-state index in [1.807, 2.05) is 0 Å². The number of halogens is 2. The summed E-state index contributed by atoms with van der Waals surface area (Å²) in [6.07, 6.45) is 3.55. The summed E-state index contributed by atoms with van der Waals surface area (Å²) >= 11 is 12.5. The Kier molecular flexibility index (Phi) is 4.17. The zero-order chi connectivity index (χ0) is 16.9. The van der Waals surface area contributed by atoms with Crippen molar-refractivity contribution in [2.45, 2.75) is 19.4 Å². The van der Waals surface area contributed by atoms with E-state index < -0.39 is 10.2 Å². The van der Waals surface area contributed by atoms with Crippen LogP contribution in [0.15, 0.2) is 12.3 Å². The number of aromatic nitrogens is 1. The van der Waals surface area contributed by atoms with Crippen LogP contribution in [0, 0.1) is 5.92 Å². The number of anilines is 1. The lowest BCUT2D eigenvalue weighted by Crippen LogP contribution is -2.43. The van der Waals surface area contributed by atoms with Crippen molar-refractivity contribution in [2.75, 3.05) is 24.5 Å². The number of ether oxygens (including phenoxy) is 1. The number of nitrogens with one attached hydrogen (secondary N) is 2. The Balaban J connectivity index is 1.71. The molecular weight excluding hydrogens is 373 g/mol. The molecule has 6 nitrogen and oxygen atoms in total. The van der Waals surface area contributed by atoms with Gasteiger partial charge in [0.15, 0.2) is 0 Å². The lowest BCUT2D eigenvalue weighted by molar-refractivity contribution is 0.0472. The Bertz CT molecular complexity index is 891. The van der Waals surface area contributed by atoms with Crippen LogP contribution in [0.5, 0.6) is 0 Å². The molecular formula is C15H17Cl2N3O3S. The van der Waals surface area contributed by atoms with Gasteiger partial charge in [-0.05, 0) is 30.4 Å². The Morgan fingerprint density at radius 1 is 1.33 bits per heavy atom. The van der Waals surface area contributed by atoms with E-state index >= 15 is 0 Å². The van der Waals surface area contributed by atoms with Gasteiger partial charge in [-0.2, -0.15) is 12.7 Å². The van der Waals surface area contributed by atoms with Crippen LogP contribution in [0.2, 0.25) is 10.0 Å². The smallest absolute Gasteiger partial charge is 0.302 e. The van der Waals surface area contributed by atoms with Crippen molar-refractivity contribution in [3.8, 4) is 0 Å². The Morgan fingerprint density at radius 3 is 2.92 bits per heavy atom. The van der Waals surface area contributed by atoms with E-state index in [9.17, 15) is 8.42 Å². The van der Waals surface area contributed by atoms with E-state index in [1.165, 1.54) is 4.31 Å². The maximum Gasteiger partial charge on any atom is 0.302 e. The molecule has 1 saturated heterocycles. The number of hydrogen-bond acceptors (Lipinski definition) is 3. The highest BCUT2D eigenvalue weighted by atomic mass is 35.5. The highest BCUT2D eigenvalue weighted by Gasteiger charge is 2.33. The SMILES string of the molecule is O=S1(=O)Nc2c(cc(Cl)c3c(Cl)c[nH]c23)CN1CC1CCCOC1. The zero-order valence-electron chi connectivity index (χ0n) is 12.8. The summed E-state index contributed by atoms with van der Waals surface area (Å²) in [5, 5.41) is 1.62. The van der Waals surface area contributed by atoms with Crippen LogP contribution in [0.4, 0.5) is 5.69 Å². The molecule has 0 saturated carbocycles. The van der Waals surface area contributed by atoms with E-state index in [0.29, 0.717) is 39.8 Å². The standard InChI is InChI=1S/C15H17Cl2N3O3S/c16-11-4-10-7-20(6-9-2-1-3-23-8-9)24(21,22)19-14(10)15-13(11)12(17)5-18-15/h4-5,9,18-19H,1-3,6-8H2. The third kappa shape index (κ3) is 2.78. The summed E-state index contributed by atoms with van der Waals surface area (Å²) in [6, 6.07) is 1.78. The minimum Gasteiger partial charge on any atom is -0.381 e. The van der Waals surface area contributed by atoms with E-state index in [0.717, 1.165) is 25.0 Å². The summed E-state index contributed by atoms with van der Waals surface area (Å²) < 4.78 is 34.9. The summed E-state index contributed by atoms with van der Waals surface area (Å²) in [7, 11) is -3.61. The number of aromatic amines is 1. The number of H-pyrrole nitrogens is 1. The van der Waals surface area contributed by atoms with Gasteiger partial charge in [0.2, 0.25) is 0 Å². The van der Waals surface area contributed by atoms with Gasteiger partial charge in [-0.3, -0.25) is 4.72 Å². The van der Waals surface area contributed by atoms with Gasteiger partial charge in [0.1, 0.15) is 0 Å². The van der Waals surface area contributed by atoms with E-state index in [-0.39, 0.29) is 12.5 Å². The molecule has 2 N–H and O–H groups in total. The average molecular weight is 390 g/mol. The summed E-state index contributed by atoms with van der Waals surface area (Å²) in [5.41, 5.74) is 1.97. The summed E-state index contributed by atoms with van der Waals surface area (Å²) in [6.45, 7) is 2.08. The minimum atomic E-state index is -3.61. The summed E-state index contributed by atoms with van der Waals surface area (Å²) in [4.78, 5) is 3.01. The van der Waals surface area contributed by atoms with Crippen molar-refractivity contribution in [1.82, 2.24) is 9.29 Å². The molecule has 1 atom stereocenters. The number of hydrogen-bond donors (Lipinski definition) is 2. The maximum atomic E-state index is 12.6. The predicted octanol–water partition coefficient (Wildman–Crippen LogP) is 3.37. The zero-order valence-corrected chi connectivity index (χ0v) is 15.1. The molecule has 0 aliphatic carbocycles. The Hall–Kier alpha value is -0.990. The second-order valence-electron chi connectivity index (χ2n) is 6.26. The lowest BCUT2D eigenvalue weighted by Gasteiger charge is -2.33. The van der Waals surface area contributed by atoms with Gasteiger partial charge >= 0.3 is 10.2 Å². The van der Waals surface area contributed by atoms with Crippen molar-refractivity contribution in [2.24, 2.45) is 5.92 Å². The van der Waals surface area contributed by atoms with Crippen molar-refractivity contribution < 1.29 is 13.2 Å². The second-order valence-corrected chi connectivity index (χ2v) is 8.75. The van der Waals surface area contributed by atoms with Gasteiger partial charge in [0, 0.05) is 31.3 Å². The third-order valence-corrected chi connectivity index (χ3v) is 6.59. The average Bonchev–Trinajstić information content (AvgIpc) is 2.93. The number of nitrogens with zero attached hydrogens (tertiary/aromatic N) is 1. The molecule has 2 aliphatic heterocycles. The molecule has 9 heteroatoms. The van der Waals surface area contributed by atoms with Crippen LogP contribution in [-0.2, 0) is 21.5 Å². The normalized spacial score (nSPS) is 23.8. The van der Waals surface area contributed by atoms with Crippen LogP contribution in [0.1, 0.15) is 18.4 Å². The first kappa shape index (κ1) is 16.5. The van der Waals surface area contributed by atoms with Crippen LogP contribution in [0.25, 0.3) is 10.9 Å². The van der Waals surface area contributed by atoms with Crippen molar-refractivity contribution in [1.29, 1.82) is 0 Å². The monoisotopic (exact) mass is 389 g/mol. The quantitative estimate of drug-likeness (QED) is 0.826. The lowest BCUT2D eigenvalue weighted by atomic mass is 10.0. The van der Waals surface area contributed by atoms with Crippen molar-refractivity contribution >= 4 is 50.0 Å². The first-order chi connectivity index (χ1) is 11.5. The van der Waals surface area contributed by atoms with Crippen LogP contribution in [0.3, 0.4) is 0 Å². The molecule has 3 heterocycles. The van der Waals surface area contributed by atoms with Gasteiger partial charge < -0.3 is 9.72 Å².